The number of pyridine rings is 1. The van der Waals surface area contributed by atoms with Crippen LogP contribution in [0.5, 0.6) is 0 Å². The van der Waals surface area contributed by atoms with Crippen LogP contribution in [0.15, 0.2) is 22.7 Å². The van der Waals surface area contributed by atoms with Crippen LogP contribution in [-0.4, -0.2) is 4.98 Å². The molecule has 2 nitrogen and oxygen atoms in total. The summed E-state index contributed by atoms with van der Waals surface area (Å²) >= 11 is 9.75. The average molecular weight is 326 g/mol. The molecular formula is C14H14BrClN2. The Hall–Kier alpha value is -0.800. The van der Waals surface area contributed by atoms with E-state index in [0.29, 0.717) is 10.9 Å². The van der Waals surface area contributed by atoms with E-state index in [1.165, 1.54) is 25.7 Å². The number of hydrogen-bond acceptors (Lipinski definition) is 2. The van der Waals surface area contributed by atoms with Gasteiger partial charge in [-0.25, -0.2) is 0 Å². The van der Waals surface area contributed by atoms with Gasteiger partial charge in [0.15, 0.2) is 0 Å². The predicted octanol–water partition coefficient (Wildman–Crippen LogP) is 4.89. The molecule has 4 heteroatoms. The van der Waals surface area contributed by atoms with E-state index in [1.54, 1.807) is 0 Å². The van der Waals surface area contributed by atoms with Crippen molar-refractivity contribution in [3.05, 3.63) is 33.4 Å². The molecule has 1 aliphatic carbocycles. The van der Waals surface area contributed by atoms with Gasteiger partial charge in [0.1, 0.15) is 0 Å². The average Bonchev–Trinajstić information content (AvgIpc) is 2.87. The van der Waals surface area contributed by atoms with Crippen LogP contribution < -0.4 is 5.73 Å². The molecule has 0 radical (unpaired) electrons. The fourth-order valence-electron chi connectivity index (χ4n) is 2.75. The van der Waals surface area contributed by atoms with Gasteiger partial charge >= 0.3 is 0 Å². The maximum atomic E-state index is 6.24. The van der Waals surface area contributed by atoms with E-state index >= 15 is 0 Å². The van der Waals surface area contributed by atoms with Gasteiger partial charge in [0.25, 0.3) is 0 Å². The van der Waals surface area contributed by atoms with Gasteiger partial charge in [-0.15, -0.1) is 0 Å². The molecule has 3 rings (SSSR count). The van der Waals surface area contributed by atoms with Crippen molar-refractivity contribution in [1.29, 1.82) is 0 Å². The van der Waals surface area contributed by atoms with Gasteiger partial charge in [-0.1, -0.05) is 40.4 Å². The van der Waals surface area contributed by atoms with Crippen molar-refractivity contribution in [2.45, 2.75) is 31.6 Å². The van der Waals surface area contributed by atoms with E-state index in [2.05, 4.69) is 15.9 Å². The van der Waals surface area contributed by atoms with Crippen LogP contribution in [0.3, 0.4) is 0 Å². The third kappa shape index (κ3) is 1.99. The molecule has 1 heterocycles. The van der Waals surface area contributed by atoms with Gasteiger partial charge in [-0.3, -0.25) is 4.98 Å². The van der Waals surface area contributed by atoms with Gasteiger partial charge in [0.2, 0.25) is 0 Å². The minimum absolute atomic E-state index is 0.548. The molecule has 1 saturated carbocycles. The number of nitrogen functional groups attached to an aromatic ring is 1. The van der Waals surface area contributed by atoms with E-state index in [1.807, 2.05) is 18.2 Å². The third-order valence-corrected chi connectivity index (χ3v) is 4.65. The summed E-state index contributed by atoms with van der Waals surface area (Å²) in [4.78, 5) is 4.74. The van der Waals surface area contributed by atoms with Gasteiger partial charge in [0.05, 0.1) is 10.5 Å². The standard InChI is InChI=1S/C14H14BrClN2/c15-9-5-6-10(16)14-13(9)11(17)7-12(18-14)8-3-1-2-4-8/h5-8H,1-4H2,(H2,17,18). The molecule has 94 valence electrons. The van der Waals surface area contributed by atoms with E-state index < -0.39 is 0 Å². The van der Waals surface area contributed by atoms with Crippen molar-refractivity contribution in [2.24, 2.45) is 0 Å². The quantitative estimate of drug-likeness (QED) is 0.810. The summed E-state index contributed by atoms with van der Waals surface area (Å²) in [6.45, 7) is 0. The summed E-state index contributed by atoms with van der Waals surface area (Å²) in [6.07, 6.45) is 5.00. The first-order valence-electron chi connectivity index (χ1n) is 6.21. The number of hydrogen-bond donors (Lipinski definition) is 1. The zero-order chi connectivity index (χ0) is 12.7. The lowest BCUT2D eigenvalue weighted by Crippen LogP contribution is -2.00. The van der Waals surface area contributed by atoms with Crippen molar-refractivity contribution >= 4 is 44.1 Å². The number of anilines is 1. The zero-order valence-corrected chi connectivity index (χ0v) is 12.3. The van der Waals surface area contributed by atoms with Crippen LogP contribution in [0.25, 0.3) is 10.9 Å². The Morgan fingerprint density at radius 1 is 1.28 bits per heavy atom. The number of nitrogens with zero attached hydrogens (tertiary/aromatic N) is 1. The lowest BCUT2D eigenvalue weighted by Gasteiger charge is -2.13. The van der Waals surface area contributed by atoms with Crippen molar-refractivity contribution in [3.63, 3.8) is 0 Å². The van der Waals surface area contributed by atoms with Crippen LogP contribution in [0.2, 0.25) is 5.02 Å². The summed E-state index contributed by atoms with van der Waals surface area (Å²) in [7, 11) is 0. The third-order valence-electron chi connectivity index (χ3n) is 3.68. The van der Waals surface area contributed by atoms with Gasteiger partial charge < -0.3 is 5.73 Å². The molecule has 0 spiro atoms. The summed E-state index contributed by atoms with van der Waals surface area (Å²) < 4.78 is 0.949. The minimum Gasteiger partial charge on any atom is -0.398 e. The van der Waals surface area contributed by atoms with E-state index in [4.69, 9.17) is 22.3 Å². The van der Waals surface area contributed by atoms with Crippen LogP contribution >= 0.6 is 27.5 Å². The highest BCUT2D eigenvalue weighted by Crippen LogP contribution is 2.38. The predicted molar refractivity (Wildman–Crippen MR) is 80.1 cm³/mol. The smallest absolute Gasteiger partial charge is 0.0923 e. The number of benzene rings is 1. The molecule has 0 aliphatic heterocycles. The fourth-order valence-corrected chi connectivity index (χ4v) is 3.50. The maximum absolute atomic E-state index is 6.24. The van der Waals surface area contributed by atoms with Crippen LogP contribution in [0.1, 0.15) is 37.3 Å². The molecule has 0 amide bonds. The molecule has 18 heavy (non-hydrogen) atoms. The molecule has 0 atom stereocenters. The van der Waals surface area contributed by atoms with Crippen LogP contribution in [0.4, 0.5) is 5.69 Å². The lowest BCUT2D eigenvalue weighted by molar-refractivity contribution is 0.701. The van der Waals surface area contributed by atoms with Crippen molar-refractivity contribution in [1.82, 2.24) is 4.98 Å². The highest BCUT2D eigenvalue weighted by Gasteiger charge is 2.20. The van der Waals surface area contributed by atoms with E-state index in [-0.39, 0.29) is 0 Å². The monoisotopic (exact) mass is 324 g/mol. The molecule has 2 N–H and O–H groups in total. The second-order valence-corrected chi connectivity index (χ2v) is 6.13. The minimum atomic E-state index is 0.548. The lowest BCUT2D eigenvalue weighted by atomic mass is 10.0. The summed E-state index contributed by atoms with van der Waals surface area (Å²) in [5.41, 5.74) is 8.83. The Bertz CT molecular complexity index is 606. The van der Waals surface area contributed by atoms with Crippen molar-refractivity contribution in [2.75, 3.05) is 5.73 Å². The molecule has 2 aromatic rings. The number of rotatable bonds is 1. The first kappa shape index (κ1) is 12.2. The fraction of sp³-hybridized carbons (Fsp3) is 0.357. The Morgan fingerprint density at radius 2 is 2.00 bits per heavy atom. The van der Waals surface area contributed by atoms with E-state index in [9.17, 15) is 0 Å². The Balaban J connectivity index is 2.23. The number of fused-ring (bicyclic) bond motifs is 1. The van der Waals surface area contributed by atoms with Crippen LogP contribution in [0, 0.1) is 0 Å². The second-order valence-electron chi connectivity index (χ2n) is 4.87. The first-order chi connectivity index (χ1) is 8.66. The summed E-state index contributed by atoms with van der Waals surface area (Å²) in [5.74, 6) is 0.548. The Kier molecular flexibility index (Phi) is 3.20. The molecule has 1 aromatic heterocycles. The Labute approximate surface area is 120 Å². The molecular weight excluding hydrogens is 312 g/mol. The molecule has 1 aromatic carbocycles. The van der Waals surface area contributed by atoms with Gasteiger partial charge in [-0.2, -0.15) is 0 Å². The summed E-state index contributed by atoms with van der Waals surface area (Å²) in [6, 6.07) is 5.79. The highest BCUT2D eigenvalue weighted by atomic mass is 79.9. The normalized spacial score (nSPS) is 16.6. The van der Waals surface area contributed by atoms with Crippen molar-refractivity contribution in [3.8, 4) is 0 Å². The number of aromatic nitrogens is 1. The largest absolute Gasteiger partial charge is 0.398 e. The van der Waals surface area contributed by atoms with E-state index in [0.717, 1.165) is 26.8 Å². The summed E-state index contributed by atoms with van der Waals surface area (Å²) in [5, 5.41) is 1.59. The highest BCUT2D eigenvalue weighted by molar-refractivity contribution is 9.10. The number of nitrogens with two attached hydrogens (primary N) is 1. The first-order valence-corrected chi connectivity index (χ1v) is 7.38. The number of halogens is 2. The van der Waals surface area contributed by atoms with Crippen LogP contribution in [-0.2, 0) is 0 Å². The zero-order valence-electron chi connectivity index (χ0n) is 9.92. The molecule has 1 fully saturated rings. The Morgan fingerprint density at radius 3 is 2.72 bits per heavy atom. The molecule has 1 aliphatic rings. The molecule has 0 saturated heterocycles. The van der Waals surface area contributed by atoms with Gasteiger partial charge in [-0.05, 0) is 31.0 Å². The molecule has 0 unspecified atom stereocenters. The second kappa shape index (κ2) is 4.71. The molecule has 0 bridgehead atoms. The van der Waals surface area contributed by atoms with Crippen molar-refractivity contribution < 1.29 is 0 Å². The maximum Gasteiger partial charge on any atom is 0.0923 e. The van der Waals surface area contributed by atoms with Gasteiger partial charge in [0, 0.05) is 27.2 Å². The topological polar surface area (TPSA) is 38.9 Å². The SMILES string of the molecule is Nc1cc(C2CCCC2)nc2c(Cl)ccc(Br)c12.